The maximum Gasteiger partial charge on any atom is 0.240 e. The van der Waals surface area contributed by atoms with Gasteiger partial charge in [-0.2, -0.15) is 0 Å². The zero-order valence-electron chi connectivity index (χ0n) is 13.0. The summed E-state index contributed by atoms with van der Waals surface area (Å²) in [5.41, 5.74) is 5.53. The predicted molar refractivity (Wildman–Crippen MR) is 81.9 cm³/mol. The third kappa shape index (κ3) is 3.76. The van der Waals surface area contributed by atoms with Gasteiger partial charge in [0.15, 0.2) is 0 Å². The van der Waals surface area contributed by atoms with Gasteiger partial charge in [-0.25, -0.2) is 0 Å². The molecule has 0 aromatic carbocycles. The Morgan fingerprint density at radius 3 is 2.67 bits per heavy atom. The topological polar surface area (TPSA) is 67.6 Å². The van der Waals surface area contributed by atoms with Crippen LogP contribution in [0.4, 0.5) is 0 Å². The van der Waals surface area contributed by atoms with E-state index in [-0.39, 0.29) is 11.9 Å². The molecular formula is C16H29N3O2. The summed E-state index contributed by atoms with van der Waals surface area (Å²) in [5.74, 6) is 0.911. The average Bonchev–Trinajstić information content (AvgIpc) is 3.12. The van der Waals surface area contributed by atoms with Gasteiger partial charge in [0, 0.05) is 38.9 Å². The first kappa shape index (κ1) is 15.3. The monoisotopic (exact) mass is 295 g/mol. The van der Waals surface area contributed by atoms with Crippen LogP contribution >= 0.6 is 0 Å². The number of amides is 1. The molecule has 1 aliphatic carbocycles. The summed E-state index contributed by atoms with van der Waals surface area (Å²) < 4.78 is 5.31. The summed E-state index contributed by atoms with van der Waals surface area (Å²) in [6.07, 6.45) is 7.91. The van der Waals surface area contributed by atoms with Crippen molar-refractivity contribution in [3.05, 3.63) is 0 Å². The lowest BCUT2D eigenvalue weighted by Crippen LogP contribution is -2.59. The molecule has 1 saturated carbocycles. The van der Waals surface area contributed by atoms with Crippen LogP contribution in [-0.4, -0.2) is 55.2 Å². The summed E-state index contributed by atoms with van der Waals surface area (Å²) in [5, 5.41) is 3.18. The van der Waals surface area contributed by atoms with Gasteiger partial charge in [-0.3, -0.25) is 4.79 Å². The van der Waals surface area contributed by atoms with Gasteiger partial charge in [-0.1, -0.05) is 12.8 Å². The van der Waals surface area contributed by atoms with Crippen molar-refractivity contribution in [1.29, 1.82) is 0 Å². The SMILES string of the molecule is NC1(C(=O)NC2CCN(CC3CCCC3)C2)CCOCC1. The Hall–Kier alpha value is -0.650. The molecule has 1 unspecified atom stereocenters. The van der Waals surface area contributed by atoms with E-state index >= 15 is 0 Å². The molecule has 3 aliphatic rings. The Morgan fingerprint density at radius 1 is 1.24 bits per heavy atom. The highest BCUT2D eigenvalue weighted by molar-refractivity contribution is 5.86. The summed E-state index contributed by atoms with van der Waals surface area (Å²) in [6.45, 7) is 4.52. The number of hydrogen-bond donors (Lipinski definition) is 2. The van der Waals surface area contributed by atoms with Crippen molar-refractivity contribution in [1.82, 2.24) is 10.2 Å². The van der Waals surface area contributed by atoms with Gasteiger partial charge in [-0.05, 0) is 38.0 Å². The van der Waals surface area contributed by atoms with Crippen molar-refractivity contribution < 1.29 is 9.53 Å². The number of nitrogens with two attached hydrogens (primary N) is 1. The Morgan fingerprint density at radius 2 is 1.95 bits per heavy atom. The van der Waals surface area contributed by atoms with Crippen LogP contribution in [0.5, 0.6) is 0 Å². The molecule has 2 heterocycles. The molecule has 120 valence electrons. The third-order valence-electron chi connectivity index (χ3n) is 5.44. The van der Waals surface area contributed by atoms with Crippen LogP contribution in [0.25, 0.3) is 0 Å². The highest BCUT2D eigenvalue weighted by Gasteiger charge is 2.38. The number of carbonyl (C=O) groups excluding carboxylic acids is 1. The molecule has 3 rings (SSSR count). The minimum atomic E-state index is -0.711. The van der Waals surface area contributed by atoms with Crippen LogP contribution in [0.15, 0.2) is 0 Å². The number of likely N-dealkylation sites (tertiary alicyclic amines) is 1. The molecule has 0 aromatic rings. The van der Waals surface area contributed by atoms with Crippen LogP contribution in [0.3, 0.4) is 0 Å². The molecular weight excluding hydrogens is 266 g/mol. The third-order valence-corrected chi connectivity index (χ3v) is 5.44. The fourth-order valence-electron chi connectivity index (χ4n) is 3.97. The van der Waals surface area contributed by atoms with Crippen molar-refractivity contribution >= 4 is 5.91 Å². The van der Waals surface area contributed by atoms with E-state index in [1.165, 1.54) is 32.2 Å². The van der Waals surface area contributed by atoms with E-state index in [9.17, 15) is 4.79 Å². The van der Waals surface area contributed by atoms with Crippen molar-refractivity contribution in [2.75, 3.05) is 32.8 Å². The quantitative estimate of drug-likeness (QED) is 0.808. The standard InChI is InChI=1S/C16H29N3O2/c17-16(6-9-21-10-7-16)15(20)18-14-5-8-19(12-14)11-13-3-1-2-4-13/h13-14H,1-12,17H2,(H,18,20). The maximum atomic E-state index is 12.4. The first-order chi connectivity index (χ1) is 10.2. The number of hydrogen-bond acceptors (Lipinski definition) is 4. The minimum absolute atomic E-state index is 0.0264. The van der Waals surface area contributed by atoms with Gasteiger partial charge in [0.25, 0.3) is 0 Å². The van der Waals surface area contributed by atoms with Crippen molar-refractivity contribution in [3.63, 3.8) is 0 Å². The molecule has 0 aromatic heterocycles. The van der Waals surface area contributed by atoms with Crippen LogP contribution < -0.4 is 11.1 Å². The molecule has 0 spiro atoms. The normalized spacial score (nSPS) is 30.6. The molecule has 2 saturated heterocycles. The van der Waals surface area contributed by atoms with Gasteiger partial charge in [-0.15, -0.1) is 0 Å². The lowest BCUT2D eigenvalue weighted by atomic mass is 9.90. The number of rotatable bonds is 4. The smallest absolute Gasteiger partial charge is 0.240 e. The first-order valence-electron chi connectivity index (χ1n) is 8.56. The van der Waals surface area contributed by atoms with Crippen LogP contribution in [-0.2, 0) is 9.53 Å². The Kier molecular flexibility index (Phi) is 4.82. The summed E-state index contributed by atoms with van der Waals surface area (Å²) in [4.78, 5) is 14.9. The fraction of sp³-hybridized carbons (Fsp3) is 0.938. The lowest BCUT2D eigenvalue weighted by molar-refractivity contribution is -0.130. The first-order valence-corrected chi connectivity index (χ1v) is 8.56. The van der Waals surface area contributed by atoms with Gasteiger partial charge in [0.2, 0.25) is 5.91 Å². The molecule has 21 heavy (non-hydrogen) atoms. The van der Waals surface area contributed by atoms with Gasteiger partial charge < -0.3 is 20.7 Å². The molecule has 5 heteroatoms. The van der Waals surface area contributed by atoms with E-state index in [2.05, 4.69) is 10.2 Å². The molecule has 3 fully saturated rings. The highest BCUT2D eigenvalue weighted by atomic mass is 16.5. The van der Waals surface area contributed by atoms with E-state index in [0.717, 1.165) is 25.4 Å². The molecule has 0 radical (unpaired) electrons. The molecule has 3 N–H and O–H groups in total. The summed E-state index contributed by atoms with van der Waals surface area (Å²) in [6, 6.07) is 0.280. The zero-order valence-corrected chi connectivity index (χ0v) is 13.0. The molecule has 5 nitrogen and oxygen atoms in total. The highest BCUT2D eigenvalue weighted by Crippen LogP contribution is 2.27. The second-order valence-electron chi connectivity index (χ2n) is 7.14. The minimum Gasteiger partial charge on any atom is -0.381 e. The van der Waals surface area contributed by atoms with E-state index in [0.29, 0.717) is 26.1 Å². The van der Waals surface area contributed by atoms with Gasteiger partial charge in [0.1, 0.15) is 0 Å². The zero-order chi connectivity index (χ0) is 14.7. The van der Waals surface area contributed by atoms with Crippen molar-refractivity contribution in [2.45, 2.75) is 56.5 Å². The van der Waals surface area contributed by atoms with E-state index in [1.807, 2.05) is 0 Å². The number of nitrogens with zero attached hydrogens (tertiary/aromatic N) is 1. The molecule has 0 bridgehead atoms. The molecule has 1 amide bonds. The Balaban J connectivity index is 1.44. The Bertz CT molecular complexity index is 363. The average molecular weight is 295 g/mol. The van der Waals surface area contributed by atoms with Crippen LogP contribution in [0.2, 0.25) is 0 Å². The van der Waals surface area contributed by atoms with E-state index < -0.39 is 5.54 Å². The van der Waals surface area contributed by atoms with E-state index in [4.69, 9.17) is 10.5 Å². The number of carbonyl (C=O) groups is 1. The lowest BCUT2D eigenvalue weighted by Gasteiger charge is -2.33. The molecule has 2 aliphatic heterocycles. The van der Waals surface area contributed by atoms with Gasteiger partial charge >= 0.3 is 0 Å². The number of ether oxygens (including phenoxy) is 1. The van der Waals surface area contributed by atoms with Crippen LogP contribution in [0.1, 0.15) is 44.9 Å². The Labute approximate surface area is 127 Å². The molecule has 1 atom stereocenters. The maximum absolute atomic E-state index is 12.4. The van der Waals surface area contributed by atoms with Crippen molar-refractivity contribution in [2.24, 2.45) is 11.7 Å². The van der Waals surface area contributed by atoms with Crippen LogP contribution in [0, 0.1) is 5.92 Å². The second-order valence-corrected chi connectivity index (χ2v) is 7.14. The van der Waals surface area contributed by atoms with Gasteiger partial charge in [0.05, 0.1) is 5.54 Å². The fourth-order valence-corrected chi connectivity index (χ4v) is 3.97. The summed E-state index contributed by atoms with van der Waals surface area (Å²) in [7, 11) is 0. The van der Waals surface area contributed by atoms with E-state index in [1.54, 1.807) is 0 Å². The predicted octanol–water partition coefficient (Wildman–Crippen LogP) is 0.875. The van der Waals surface area contributed by atoms with Crippen molar-refractivity contribution in [3.8, 4) is 0 Å². The largest absolute Gasteiger partial charge is 0.381 e. The second kappa shape index (κ2) is 6.63. The number of nitrogens with one attached hydrogen (secondary N) is 1. The summed E-state index contributed by atoms with van der Waals surface area (Å²) >= 11 is 0.